The van der Waals surface area contributed by atoms with E-state index in [0.29, 0.717) is 5.92 Å². The van der Waals surface area contributed by atoms with E-state index in [1.165, 1.54) is 24.2 Å². The number of hydrogen-bond acceptors (Lipinski definition) is 5. The third kappa shape index (κ3) is 4.59. The first-order chi connectivity index (χ1) is 11.7. The van der Waals surface area contributed by atoms with E-state index in [1.54, 1.807) is 0 Å². The number of aryl methyl sites for hydroxylation is 2. The van der Waals surface area contributed by atoms with Crippen LogP contribution in [0.1, 0.15) is 53.1 Å². The van der Waals surface area contributed by atoms with E-state index in [-0.39, 0.29) is 36.0 Å². The van der Waals surface area contributed by atoms with Crippen LogP contribution in [0.4, 0.5) is 5.69 Å². The maximum Gasteiger partial charge on any atom is 0.322 e. The van der Waals surface area contributed by atoms with Crippen LogP contribution >= 0.6 is 12.4 Å². The molecule has 0 saturated carbocycles. The molecular formula is C17H24ClN5O3. The first kappa shape index (κ1) is 21.6. The van der Waals surface area contributed by atoms with Gasteiger partial charge in [0.05, 0.1) is 4.92 Å². The molecule has 0 aliphatic carbocycles. The summed E-state index contributed by atoms with van der Waals surface area (Å²) in [5.41, 5.74) is 8.05. The smallest absolute Gasteiger partial charge is 0.322 e. The van der Waals surface area contributed by atoms with E-state index in [9.17, 15) is 14.9 Å². The summed E-state index contributed by atoms with van der Waals surface area (Å²) in [4.78, 5) is 22.9. The number of rotatable bonds is 6. The molecule has 8 nitrogen and oxygen atoms in total. The molecule has 0 fully saturated rings. The number of nitrogens with zero attached hydrogens (tertiary/aromatic N) is 3. The molecule has 26 heavy (non-hydrogen) atoms. The topological polar surface area (TPSA) is 116 Å². The van der Waals surface area contributed by atoms with Crippen molar-refractivity contribution in [2.75, 3.05) is 6.54 Å². The van der Waals surface area contributed by atoms with Gasteiger partial charge in [0.15, 0.2) is 0 Å². The molecule has 1 unspecified atom stereocenters. The van der Waals surface area contributed by atoms with Gasteiger partial charge in [-0.1, -0.05) is 38.1 Å². The van der Waals surface area contributed by atoms with Crippen LogP contribution in [0, 0.1) is 17.0 Å². The van der Waals surface area contributed by atoms with Crippen molar-refractivity contribution in [3.05, 3.63) is 56.9 Å². The Morgan fingerprint density at radius 3 is 2.35 bits per heavy atom. The highest BCUT2D eigenvalue weighted by molar-refractivity contribution is 5.96. The van der Waals surface area contributed by atoms with Crippen LogP contribution in [-0.2, 0) is 7.05 Å². The molecule has 142 valence electrons. The van der Waals surface area contributed by atoms with Crippen molar-refractivity contribution >= 4 is 24.0 Å². The minimum absolute atomic E-state index is 0. The van der Waals surface area contributed by atoms with Crippen molar-refractivity contribution in [3.8, 4) is 0 Å². The van der Waals surface area contributed by atoms with Gasteiger partial charge in [-0.3, -0.25) is 19.6 Å². The molecule has 1 amide bonds. The number of carbonyl (C=O) groups is 1. The molecule has 0 aliphatic rings. The Bertz CT molecular complexity index is 786. The standard InChI is InChI=1S/C17H23N5O3.ClH/c1-10(2)12-5-7-13(8-6-12)14(18)9-19-17(23)16-15(22(24)25)11(3)20-21(16)4;/h5-8,10,14H,9,18H2,1-4H3,(H,19,23);1H. The largest absolute Gasteiger partial charge is 0.349 e. The number of carbonyl (C=O) groups excluding carboxylic acids is 1. The van der Waals surface area contributed by atoms with E-state index in [2.05, 4.69) is 24.3 Å². The lowest BCUT2D eigenvalue weighted by Gasteiger charge is -2.14. The zero-order valence-electron chi connectivity index (χ0n) is 15.2. The van der Waals surface area contributed by atoms with Gasteiger partial charge in [0.1, 0.15) is 5.69 Å². The van der Waals surface area contributed by atoms with Gasteiger partial charge in [0.25, 0.3) is 5.91 Å². The summed E-state index contributed by atoms with van der Waals surface area (Å²) >= 11 is 0. The molecule has 1 heterocycles. The summed E-state index contributed by atoms with van der Waals surface area (Å²) < 4.78 is 1.21. The normalized spacial score (nSPS) is 11.8. The van der Waals surface area contributed by atoms with E-state index >= 15 is 0 Å². The maximum absolute atomic E-state index is 12.4. The molecule has 1 atom stereocenters. The molecule has 0 bridgehead atoms. The van der Waals surface area contributed by atoms with Crippen LogP contribution in [0.3, 0.4) is 0 Å². The van der Waals surface area contributed by atoms with Crippen molar-refractivity contribution in [1.29, 1.82) is 0 Å². The fourth-order valence-corrected chi connectivity index (χ4v) is 2.65. The Morgan fingerprint density at radius 2 is 1.85 bits per heavy atom. The highest BCUT2D eigenvalue weighted by Gasteiger charge is 2.29. The van der Waals surface area contributed by atoms with Crippen molar-refractivity contribution in [1.82, 2.24) is 15.1 Å². The van der Waals surface area contributed by atoms with Gasteiger partial charge in [-0.25, -0.2) is 0 Å². The van der Waals surface area contributed by atoms with Gasteiger partial charge in [-0.2, -0.15) is 5.10 Å². The number of benzene rings is 1. The molecule has 3 N–H and O–H groups in total. The van der Waals surface area contributed by atoms with Gasteiger partial charge in [-0.05, 0) is 24.0 Å². The number of aromatic nitrogens is 2. The first-order valence-corrected chi connectivity index (χ1v) is 8.04. The second kappa shape index (κ2) is 8.77. The van der Waals surface area contributed by atoms with Gasteiger partial charge in [-0.15, -0.1) is 12.4 Å². The van der Waals surface area contributed by atoms with Crippen LogP contribution < -0.4 is 11.1 Å². The van der Waals surface area contributed by atoms with Crippen molar-refractivity contribution in [3.63, 3.8) is 0 Å². The van der Waals surface area contributed by atoms with E-state index in [1.807, 2.05) is 24.3 Å². The van der Waals surface area contributed by atoms with E-state index < -0.39 is 16.9 Å². The molecule has 9 heteroatoms. The summed E-state index contributed by atoms with van der Waals surface area (Å²) in [5, 5.41) is 17.8. The SMILES string of the molecule is Cc1nn(C)c(C(=O)NCC(N)c2ccc(C(C)C)cc2)c1[N+](=O)[O-].Cl. The molecule has 0 spiro atoms. The highest BCUT2D eigenvalue weighted by atomic mass is 35.5. The van der Waals surface area contributed by atoms with Crippen LogP contribution in [0.25, 0.3) is 0 Å². The molecule has 0 saturated heterocycles. The van der Waals surface area contributed by atoms with Gasteiger partial charge < -0.3 is 11.1 Å². The number of halogens is 1. The number of nitro groups is 1. The summed E-state index contributed by atoms with van der Waals surface area (Å²) in [6.07, 6.45) is 0. The van der Waals surface area contributed by atoms with Crippen LogP contribution in [0.15, 0.2) is 24.3 Å². The Labute approximate surface area is 158 Å². The molecule has 1 aromatic carbocycles. The van der Waals surface area contributed by atoms with Crippen molar-refractivity contribution in [2.24, 2.45) is 12.8 Å². The Balaban J connectivity index is 0.00000338. The maximum atomic E-state index is 12.4. The summed E-state index contributed by atoms with van der Waals surface area (Å²) in [6.45, 7) is 5.88. The van der Waals surface area contributed by atoms with Crippen LogP contribution in [0.5, 0.6) is 0 Å². The molecule has 1 aromatic heterocycles. The molecule has 2 rings (SSSR count). The van der Waals surface area contributed by atoms with Crippen molar-refractivity contribution in [2.45, 2.75) is 32.7 Å². The summed E-state index contributed by atoms with van der Waals surface area (Å²) in [5.74, 6) is -0.136. The first-order valence-electron chi connectivity index (χ1n) is 8.04. The molecule has 2 aromatic rings. The average molecular weight is 382 g/mol. The van der Waals surface area contributed by atoms with Crippen LogP contribution in [0.2, 0.25) is 0 Å². The number of amides is 1. The highest BCUT2D eigenvalue weighted by Crippen LogP contribution is 2.22. The quantitative estimate of drug-likeness (QED) is 0.589. The third-order valence-electron chi connectivity index (χ3n) is 4.10. The monoisotopic (exact) mass is 381 g/mol. The fourth-order valence-electron chi connectivity index (χ4n) is 2.65. The Hall–Kier alpha value is -2.45. The lowest BCUT2D eigenvalue weighted by molar-refractivity contribution is -0.385. The summed E-state index contributed by atoms with van der Waals surface area (Å²) in [7, 11) is 1.50. The Kier molecular flexibility index (Phi) is 7.29. The second-order valence-corrected chi connectivity index (χ2v) is 6.30. The van der Waals surface area contributed by atoms with Gasteiger partial charge >= 0.3 is 5.69 Å². The molecule has 0 radical (unpaired) electrons. The zero-order chi connectivity index (χ0) is 18.7. The van der Waals surface area contributed by atoms with Gasteiger partial charge in [0.2, 0.25) is 5.69 Å². The Morgan fingerprint density at radius 1 is 1.31 bits per heavy atom. The average Bonchev–Trinajstić information content (AvgIpc) is 2.86. The predicted molar refractivity (Wildman–Crippen MR) is 102 cm³/mol. The molecular weight excluding hydrogens is 358 g/mol. The lowest BCUT2D eigenvalue weighted by atomic mass is 9.99. The van der Waals surface area contributed by atoms with E-state index in [4.69, 9.17) is 5.73 Å². The third-order valence-corrected chi connectivity index (χ3v) is 4.10. The lowest BCUT2D eigenvalue weighted by Crippen LogP contribution is -2.33. The number of nitrogens with two attached hydrogens (primary N) is 1. The molecule has 0 aliphatic heterocycles. The number of nitrogens with one attached hydrogen (secondary N) is 1. The second-order valence-electron chi connectivity index (χ2n) is 6.30. The zero-order valence-corrected chi connectivity index (χ0v) is 16.0. The number of hydrogen-bond donors (Lipinski definition) is 2. The fraction of sp³-hybridized carbons (Fsp3) is 0.412. The summed E-state index contributed by atoms with van der Waals surface area (Å²) in [6, 6.07) is 7.48. The van der Waals surface area contributed by atoms with Gasteiger partial charge in [0, 0.05) is 19.6 Å². The minimum Gasteiger partial charge on any atom is -0.349 e. The van der Waals surface area contributed by atoms with Crippen LogP contribution in [-0.4, -0.2) is 27.2 Å². The van der Waals surface area contributed by atoms with Crippen molar-refractivity contribution < 1.29 is 9.72 Å². The minimum atomic E-state index is -0.595. The van der Waals surface area contributed by atoms with E-state index in [0.717, 1.165) is 5.56 Å². The predicted octanol–water partition coefficient (Wildman–Crippen LogP) is 2.61.